The largest absolute Gasteiger partial charge is 0.496 e. The Morgan fingerprint density at radius 1 is 1.37 bits per heavy atom. The Morgan fingerprint density at radius 3 is 2.84 bits per heavy atom. The number of hydrogen-bond donors (Lipinski definition) is 0. The molecule has 4 heteroatoms. The molecule has 0 spiro atoms. The van der Waals surface area contributed by atoms with Gasteiger partial charge in [0.15, 0.2) is 0 Å². The standard InChI is InChI=1S/C15H18N2O2/c1-17-11-12(10-16-17)7-8-14(18)9-13-5-3-4-6-15(13)19-2/h3-6,10-11H,7-9H2,1-2H3. The van der Waals surface area contributed by atoms with Crippen molar-refractivity contribution in [1.82, 2.24) is 9.78 Å². The minimum Gasteiger partial charge on any atom is -0.496 e. The lowest BCUT2D eigenvalue weighted by atomic mass is 10.0. The lowest BCUT2D eigenvalue weighted by Crippen LogP contribution is -2.05. The number of hydrogen-bond acceptors (Lipinski definition) is 3. The molecule has 0 aliphatic heterocycles. The molecule has 0 saturated heterocycles. The van der Waals surface area contributed by atoms with Crippen LogP contribution in [0, 0.1) is 0 Å². The summed E-state index contributed by atoms with van der Waals surface area (Å²) in [6.45, 7) is 0. The highest BCUT2D eigenvalue weighted by molar-refractivity contribution is 5.81. The lowest BCUT2D eigenvalue weighted by molar-refractivity contribution is -0.118. The molecule has 1 heterocycles. The van der Waals surface area contributed by atoms with Crippen LogP contribution in [0.5, 0.6) is 5.75 Å². The lowest BCUT2D eigenvalue weighted by Gasteiger charge is -2.07. The number of Topliss-reactive ketones (excluding diaryl/α,β-unsaturated/α-hetero) is 1. The molecule has 0 unspecified atom stereocenters. The van der Waals surface area contributed by atoms with Crippen LogP contribution >= 0.6 is 0 Å². The summed E-state index contributed by atoms with van der Waals surface area (Å²) < 4.78 is 7.00. The maximum atomic E-state index is 12.0. The van der Waals surface area contributed by atoms with Gasteiger partial charge in [-0.05, 0) is 18.1 Å². The van der Waals surface area contributed by atoms with Gasteiger partial charge < -0.3 is 4.74 Å². The first-order valence-electron chi connectivity index (χ1n) is 6.30. The number of ether oxygens (including phenoxy) is 1. The fourth-order valence-corrected chi connectivity index (χ4v) is 2.03. The second-order valence-electron chi connectivity index (χ2n) is 4.55. The predicted octanol–water partition coefficient (Wildman–Crippen LogP) is 2.17. The number of carbonyl (C=O) groups excluding carboxylic acids is 1. The summed E-state index contributed by atoms with van der Waals surface area (Å²) in [6, 6.07) is 7.64. The van der Waals surface area contributed by atoms with E-state index in [2.05, 4.69) is 5.10 Å². The summed E-state index contributed by atoms with van der Waals surface area (Å²) in [6.07, 6.45) is 5.43. The van der Waals surface area contributed by atoms with Gasteiger partial charge in [-0.25, -0.2) is 0 Å². The van der Waals surface area contributed by atoms with Crippen LogP contribution in [-0.2, 0) is 24.7 Å². The molecule has 0 aliphatic rings. The second-order valence-corrected chi connectivity index (χ2v) is 4.55. The number of carbonyl (C=O) groups is 1. The van der Waals surface area contributed by atoms with Gasteiger partial charge >= 0.3 is 0 Å². The molecule has 0 fully saturated rings. The Bertz CT molecular complexity index is 561. The van der Waals surface area contributed by atoms with E-state index in [1.54, 1.807) is 18.0 Å². The van der Waals surface area contributed by atoms with Crippen molar-refractivity contribution < 1.29 is 9.53 Å². The summed E-state index contributed by atoms with van der Waals surface area (Å²) in [5, 5.41) is 4.09. The van der Waals surface area contributed by atoms with Crippen molar-refractivity contribution in [3.63, 3.8) is 0 Å². The number of methoxy groups -OCH3 is 1. The molecule has 0 radical (unpaired) electrons. The van der Waals surface area contributed by atoms with Crippen LogP contribution in [0.2, 0.25) is 0 Å². The van der Waals surface area contributed by atoms with Crippen molar-refractivity contribution in [1.29, 1.82) is 0 Å². The number of para-hydroxylation sites is 1. The molecule has 0 bridgehead atoms. The second kappa shape index (κ2) is 6.18. The van der Waals surface area contributed by atoms with E-state index in [4.69, 9.17) is 4.74 Å². The number of aromatic nitrogens is 2. The Balaban J connectivity index is 1.90. The predicted molar refractivity (Wildman–Crippen MR) is 73.2 cm³/mol. The first-order chi connectivity index (χ1) is 9.19. The molecule has 2 rings (SSSR count). The van der Waals surface area contributed by atoms with Crippen LogP contribution in [0.3, 0.4) is 0 Å². The number of benzene rings is 1. The van der Waals surface area contributed by atoms with E-state index in [-0.39, 0.29) is 5.78 Å². The molecule has 0 saturated carbocycles. The third kappa shape index (κ3) is 3.68. The van der Waals surface area contributed by atoms with E-state index in [0.717, 1.165) is 23.3 Å². The number of rotatable bonds is 6. The van der Waals surface area contributed by atoms with Crippen molar-refractivity contribution in [3.05, 3.63) is 47.8 Å². The normalized spacial score (nSPS) is 10.4. The zero-order valence-electron chi connectivity index (χ0n) is 11.3. The van der Waals surface area contributed by atoms with Crippen LogP contribution < -0.4 is 4.74 Å². The van der Waals surface area contributed by atoms with Gasteiger partial charge in [0, 0.05) is 31.6 Å². The van der Waals surface area contributed by atoms with Crippen LogP contribution in [0.25, 0.3) is 0 Å². The van der Waals surface area contributed by atoms with E-state index >= 15 is 0 Å². The van der Waals surface area contributed by atoms with E-state index < -0.39 is 0 Å². The van der Waals surface area contributed by atoms with Gasteiger partial charge in [0.25, 0.3) is 0 Å². The molecule has 0 amide bonds. The third-order valence-corrected chi connectivity index (χ3v) is 3.03. The summed E-state index contributed by atoms with van der Waals surface area (Å²) in [4.78, 5) is 12.0. The fraction of sp³-hybridized carbons (Fsp3) is 0.333. The van der Waals surface area contributed by atoms with Crippen molar-refractivity contribution in [2.75, 3.05) is 7.11 Å². The first-order valence-corrected chi connectivity index (χ1v) is 6.30. The Kier molecular flexibility index (Phi) is 4.34. The average molecular weight is 258 g/mol. The summed E-state index contributed by atoms with van der Waals surface area (Å²) in [5.74, 6) is 0.991. The van der Waals surface area contributed by atoms with Crippen molar-refractivity contribution in [3.8, 4) is 5.75 Å². The SMILES string of the molecule is COc1ccccc1CC(=O)CCc1cnn(C)c1. The van der Waals surface area contributed by atoms with Crippen molar-refractivity contribution in [2.45, 2.75) is 19.3 Å². The Morgan fingerprint density at radius 2 is 2.16 bits per heavy atom. The number of ketones is 1. The molecule has 0 N–H and O–H groups in total. The van der Waals surface area contributed by atoms with Crippen LogP contribution in [0.15, 0.2) is 36.7 Å². The van der Waals surface area contributed by atoms with Gasteiger partial charge in [-0.2, -0.15) is 5.10 Å². The third-order valence-electron chi connectivity index (χ3n) is 3.03. The zero-order chi connectivity index (χ0) is 13.7. The molecular formula is C15H18N2O2. The van der Waals surface area contributed by atoms with Crippen LogP contribution in [-0.4, -0.2) is 22.7 Å². The highest BCUT2D eigenvalue weighted by Crippen LogP contribution is 2.18. The summed E-state index contributed by atoms with van der Waals surface area (Å²) >= 11 is 0. The molecule has 0 atom stereocenters. The van der Waals surface area contributed by atoms with Crippen molar-refractivity contribution in [2.24, 2.45) is 7.05 Å². The van der Waals surface area contributed by atoms with Crippen molar-refractivity contribution >= 4 is 5.78 Å². The summed E-state index contributed by atoms with van der Waals surface area (Å²) in [5.41, 5.74) is 2.04. The average Bonchev–Trinajstić information content (AvgIpc) is 2.83. The quantitative estimate of drug-likeness (QED) is 0.797. The molecular weight excluding hydrogens is 240 g/mol. The van der Waals surface area contributed by atoms with Gasteiger partial charge in [-0.1, -0.05) is 18.2 Å². The van der Waals surface area contributed by atoms with Crippen LogP contribution in [0.4, 0.5) is 0 Å². The molecule has 1 aromatic carbocycles. The fourth-order valence-electron chi connectivity index (χ4n) is 2.03. The summed E-state index contributed by atoms with van der Waals surface area (Å²) in [7, 11) is 3.50. The maximum absolute atomic E-state index is 12.0. The van der Waals surface area contributed by atoms with Gasteiger partial charge in [0.1, 0.15) is 11.5 Å². The van der Waals surface area contributed by atoms with E-state index in [1.165, 1.54) is 0 Å². The minimum absolute atomic E-state index is 0.216. The molecule has 100 valence electrons. The molecule has 0 aliphatic carbocycles. The monoisotopic (exact) mass is 258 g/mol. The van der Waals surface area contributed by atoms with Crippen LogP contribution in [0.1, 0.15) is 17.5 Å². The number of nitrogens with zero attached hydrogens (tertiary/aromatic N) is 2. The topological polar surface area (TPSA) is 44.1 Å². The minimum atomic E-state index is 0.216. The van der Waals surface area contributed by atoms with E-state index in [1.807, 2.05) is 37.5 Å². The van der Waals surface area contributed by atoms with Gasteiger partial charge in [-0.3, -0.25) is 9.48 Å². The number of aryl methyl sites for hydroxylation is 2. The Labute approximate surface area is 113 Å². The van der Waals surface area contributed by atoms with E-state index in [9.17, 15) is 4.79 Å². The molecule has 19 heavy (non-hydrogen) atoms. The van der Waals surface area contributed by atoms with Gasteiger partial charge in [0.05, 0.1) is 13.3 Å². The molecule has 1 aromatic heterocycles. The zero-order valence-corrected chi connectivity index (χ0v) is 11.3. The highest BCUT2D eigenvalue weighted by atomic mass is 16.5. The maximum Gasteiger partial charge on any atom is 0.137 e. The van der Waals surface area contributed by atoms with Gasteiger partial charge in [0.2, 0.25) is 0 Å². The van der Waals surface area contributed by atoms with Gasteiger partial charge in [-0.15, -0.1) is 0 Å². The smallest absolute Gasteiger partial charge is 0.137 e. The Hall–Kier alpha value is -2.10. The highest BCUT2D eigenvalue weighted by Gasteiger charge is 2.09. The molecule has 4 nitrogen and oxygen atoms in total. The first kappa shape index (κ1) is 13.3. The van der Waals surface area contributed by atoms with E-state index in [0.29, 0.717) is 12.8 Å². The molecule has 2 aromatic rings.